The maximum absolute atomic E-state index is 12.2. The molecule has 0 bridgehead atoms. The van der Waals surface area contributed by atoms with Crippen LogP contribution in [0.1, 0.15) is 16.1 Å². The van der Waals surface area contributed by atoms with E-state index in [4.69, 9.17) is 4.74 Å². The van der Waals surface area contributed by atoms with Crippen LogP contribution in [0.15, 0.2) is 60.0 Å². The third kappa shape index (κ3) is 4.11. The number of nitrogens with one attached hydrogen (secondary N) is 2. The van der Waals surface area contributed by atoms with Crippen molar-refractivity contribution < 1.29 is 9.53 Å². The number of amides is 1. The predicted molar refractivity (Wildman–Crippen MR) is 96.0 cm³/mol. The Hall–Kier alpha value is -2.86. The highest BCUT2D eigenvalue weighted by Crippen LogP contribution is 2.22. The molecule has 0 saturated heterocycles. The number of rotatable bonds is 6. The standard InChI is InChI=1S/C18H17N3O2S/c1-23-15-9-7-14(8-10-15)20-18-21-16(12-24-18)17(22)19-11-13-5-3-2-4-6-13/h2-10,12H,11H2,1H3,(H,19,22)(H,20,21). The molecule has 3 rings (SSSR count). The zero-order valence-electron chi connectivity index (χ0n) is 13.2. The lowest BCUT2D eigenvalue weighted by atomic mass is 10.2. The van der Waals surface area contributed by atoms with Gasteiger partial charge in [0.2, 0.25) is 0 Å². The van der Waals surface area contributed by atoms with Crippen molar-refractivity contribution in [3.63, 3.8) is 0 Å². The van der Waals surface area contributed by atoms with Crippen LogP contribution in [0.5, 0.6) is 5.75 Å². The summed E-state index contributed by atoms with van der Waals surface area (Å²) in [5.41, 5.74) is 2.35. The van der Waals surface area contributed by atoms with Crippen molar-refractivity contribution in [1.29, 1.82) is 0 Å². The van der Waals surface area contributed by atoms with E-state index in [1.165, 1.54) is 11.3 Å². The summed E-state index contributed by atoms with van der Waals surface area (Å²) in [6.07, 6.45) is 0. The number of anilines is 2. The van der Waals surface area contributed by atoms with Gasteiger partial charge < -0.3 is 15.4 Å². The van der Waals surface area contributed by atoms with E-state index in [0.717, 1.165) is 17.0 Å². The van der Waals surface area contributed by atoms with Crippen LogP contribution in [-0.2, 0) is 6.54 Å². The molecule has 3 aromatic rings. The molecular weight excluding hydrogens is 322 g/mol. The van der Waals surface area contributed by atoms with Crippen LogP contribution in [0.2, 0.25) is 0 Å². The van der Waals surface area contributed by atoms with Gasteiger partial charge in [-0.3, -0.25) is 4.79 Å². The molecule has 0 aliphatic carbocycles. The molecule has 0 atom stereocenters. The molecule has 0 aliphatic rings. The van der Waals surface area contributed by atoms with Crippen LogP contribution in [0, 0.1) is 0 Å². The third-order valence-electron chi connectivity index (χ3n) is 3.37. The van der Waals surface area contributed by atoms with Crippen molar-refractivity contribution in [3.8, 4) is 5.75 Å². The molecule has 1 heterocycles. The highest BCUT2D eigenvalue weighted by Gasteiger charge is 2.10. The molecule has 0 unspecified atom stereocenters. The second-order valence-electron chi connectivity index (χ2n) is 5.06. The van der Waals surface area contributed by atoms with Crippen molar-refractivity contribution in [2.24, 2.45) is 0 Å². The summed E-state index contributed by atoms with van der Waals surface area (Å²) < 4.78 is 5.12. The first-order chi connectivity index (χ1) is 11.7. The van der Waals surface area contributed by atoms with Crippen molar-refractivity contribution in [2.75, 3.05) is 12.4 Å². The SMILES string of the molecule is COc1ccc(Nc2nc(C(=O)NCc3ccccc3)cs2)cc1. The van der Waals surface area contributed by atoms with Crippen LogP contribution in [0.25, 0.3) is 0 Å². The first-order valence-electron chi connectivity index (χ1n) is 7.43. The lowest BCUT2D eigenvalue weighted by molar-refractivity contribution is 0.0946. The first kappa shape index (κ1) is 16.0. The van der Waals surface area contributed by atoms with E-state index >= 15 is 0 Å². The monoisotopic (exact) mass is 339 g/mol. The molecule has 5 nitrogen and oxygen atoms in total. The summed E-state index contributed by atoms with van der Waals surface area (Å²) in [5.74, 6) is 0.610. The predicted octanol–water partition coefficient (Wildman–Crippen LogP) is 3.83. The Morgan fingerprint density at radius 3 is 2.58 bits per heavy atom. The summed E-state index contributed by atoms with van der Waals surface area (Å²) >= 11 is 1.39. The fourth-order valence-corrected chi connectivity index (χ4v) is 2.81. The largest absolute Gasteiger partial charge is 0.497 e. The molecule has 2 aromatic carbocycles. The number of thiazole rings is 1. The number of methoxy groups -OCH3 is 1. The quantitative estimate of drug-likeness (QED) is 0.716. The van der Waals surface area contributed by atoms with E-state index in [1.807, 2.05) is 54.6 Å². The van der Waals surface area contributed by atoms with E-state index in [9.17, 15) is 4.79 Å². The number of nitrogens with zero attached hydrogens (tertiary/aromatic N) is 1. The smallest absolute Gasteiger partial charge is 0.271 e. The molecular formula is C18H17N3O2S. The van der Waals surface area contributed by atoms with Gasteiger partial charge in [-0.1, -0.05) is 30.3 Å². The lowest BCUT2D eigenvalue weighted by Gasteiger charge is -2.04. The number of hydrogen-bond acceptors (Lipinski definition) is 5. The van der Waals surface area contributed by atoms with Crippen LogP contribution < -0.4 is 15.4 Å². The molecule has 1 aromatic heterocycles. The molecule has 6 heteroatoms. The summed E-state index contributed by atoms with van der Waals surface area (Å²) in [6, 6.07) is 17.3. The van der Waals surface area contributed by atoms with E-state index in [-0.39, 0.29) is 5.91 Å². The van der Waals surface area contributed by atoms with E-state index in [2.05, 4.69) is 15.6 Å². The Bertz CT molecular complexity index is 801. The van der Waals surface area contributed by atoms with Gasteiger partial charge in [0.1, 0.15) is 11.4 Å². The van der Waals surface area contributed by atoms with Gasteiger partial charge in [-0.15, -0.1) is 11.3 Å². The Labute approximate surface area is 144 Å². The minimum atomic E-state index is -0.183. The fourth-order valence-electron chi connectivity index (χ4n) is 2.10. The second-order valence-corrected chi connectivity index (χ2v) is 5.92. The van der Waals surface area contributed by atoms with Gasteiger partial charge >= 0.3 is 0 Å². The summed E-state index contributed by atoms with van der Waals surface area (Å²) in [6.45, 7) is 0.485. The maximum atomic E-state index is 12.2. The number of benzene rings is 2. The van der Waals surface area contributed by atoms with Gasteiger partial charge in [-0.2, -0.15) is 0 Å². The number of hydrogen-bond donors (Lipinski definition) is 2. The van der Waals surface area contributed by atoms with E-state index in [0.29, 0.717) is 17.4 Å². The Morgan fingerprint density at radius 1 is 1.12 bits per heavy atom. The van der Waals surface area contributed by atoms with Crippen molar-refractivity contribution >= 4 is 28.1 Å². The van der Waals surface area contributed by atoms with Gasteiger partial charge in [0.15, 0.2) is 5.13 Å². The van der Waals surface area contributed by atoms with Crippen LogP contribution in [0.3, 0.4) is 0 Å². The minimum absolute atomic E-state index is 0.183. The highest BCUT2D eigenvalue weighted by molar-refractivity contribution is 7.14. The molecule has 0 aliphatic heterocycles. The normalized spacial score (nSPS) is 10.2. The number of aromatic nitrogens is 1. The molecule has 0 saturated carbocycles. The van der Waals surface area contributed by atoms with Crippen LogP contribution >= 0.6 is 11.3 Å². The second kappa shape index (κ2) is 7.61. The third-order valence-corrected chi connectivity index (χ3v) is 4.13. The Kier molecular flexibility index (Phi) is 5.08. The zero-order chi connectivity index (χ0) is 16.8. The molecule has 0 fully saturated rings. The van der Waals surface area contributed by atoms with Gasteiger partial charge in [0, 0.05) is 17.6 Å². The van der Waals surface area contributed by atoms with E-state index < -0.39 is 0 Å². The number of carbonyl (C=O) groups is 1. The molecule has 2 N–H and O–H groups in total. The summed E-state index contributed by atoms with van der Waals surface area (Å²) in [7, 11) is 1.63. The Balaban J connectivity index is 1.58. The first-order valence-corrected chi connectivity index (χ1v) is 8.31. The Morgan fingerprint density at radius 2 is 1.88 bits per heavy atom. The number of carbonyl (C=O) groups excluding carboxylic acids is 1. The van der Waals surface area contributed by atoms with Crippen molar-refractivity contribution in [3.05, 3.63) is 71.2 Å². The highest BCUT2D eigenvalue weighted by atomic mass is 32.1. The molecule has 122 valence electrons. The average Bonchev–Trinajstić information content (AvgIpc) is 3.10. The van der Waals surface area contributed by atoms with Gasteiger partial charge in [-0.05, 0) is 29.8 Å². The van der Waals surface area contributed by atoms with Gasteiger partial charge in [0.25, 0.3) is 5.91 Å². The van der Waals surface area contributed by atoms with Gasteiger partial charge in [-0.25, -0.2) is 4.98 Å². The van der Waals surface area contributed by atoms with Crippen LogP contribution in [-0.4, -0.2) is 18.0 Å². The molecule has 1 amide bonds. The molecule has 0 spiro atoms. The van der Waals surface area contributed by atoms with Crippen molar-refractivity contribution in [1.82, 2.24) is 10.3 Å². The molecule has 0 radical (unpaired) electrons. The number of ether oxygens (including phenoxy) is 1. The van der Waals surface area contributed by atoms with Gasteiger partial charge in [0.05, 0.1) is 7.11 Å². The average molecular weight is 339 g/mol. The minimum Gasteiger partial charge on any atom is -0.497 e. The van der Waals surface area contributed by atoms with Crippen molar-refractivity contribution in [2.45, 2.75) is 6.54 Å². The maximum Gasteiger partial charge on any atom is 0.271 e. The zero-order valence-corrected chi connectivity index (χ0v) is 14.0. The van der Waals surface area contributed by atoms with Crippen LogP contribution in [0.4, 0.5) is 10.8 Å². The fraction of sp³-hybridized carbons (Fsp3) is 0.111. The topological polar surface area (TPSA) is 63.2 Å². The lowest BCUT2D eigenvalue weighted by Crippen LogP contribution is -2.23. The summed E-state index contributed by atoms with van der Waals surface area (Å²) in [4.78, 5) is 16.5. The van der Waals surface area contributed by atoms with E-state index in [1.54, 1.807) is 12.5 Å². The summed E-state index contributed by atoms with van der Waals surface area (Å²) in [5, 5.41) is 8.46. The molecule has 24 heavy (non-hydrogen) atoms.